The quantitative estimate of drug-likeness (QED) is 0.879. The van der Waals surface area contributed by atoms with Gasteiger partial charge in [0.2, 0.25) is 0 Å². The fourth-order valence-corrected chi connectivity index (χ4v) is 2.67. The van der Waals surface area contributed by atoms with Gasteiger partial charge in [-0.15, -0.1) is 11.3 Å². The number of fused-ring (bicyclic) bond motifs is 1. The van der Waals surface area contributed by atoms with Gasteiger partial charge in [0.05, 0.1) is 0 Å². The molecule has 2 unspecified atom stereocenters. The van der Waals surface area contributed by atoms with E-state index >= 15 is 0 Å². The van der Waals surface area contributed by atoms with Gasteiger partial charge in [-0.1, -0.05) is 6.07 Å². The van der Waals surface area contributed by atoms with Crippen LogP contribution in [-0.2, 0) is 5.67 Å². The minimum atomic E-state index is -1.97. The molecule has 2 rings (SSSR count). The maximum atomic E-state index is 14.6. The number of benzene rings is 1. The Kier molecular flexibility index (Phi) is 3.45. The Labute approximate surface area is 103 Å². The Hall–Kier alpha value is -1.00. The maximum absolute atomic E-state index is 14.6. The summed E-state index contributed by atoms with van der Waals surface area (Å²) >= 11 is 1.60. The number of nitrogens with one attached hydrogen (secondary N) is 1. The average molecular weight is 255 g/mol. The highest BCUT2D eigenvalue weighted by atomic mass is 32.1. The van der Waals surface area contributed by atoms with Gasteiger partial charge in [0.1, 0.15) is 6.67 Å². The van der Waals surface area contributed by atoms with Crippen LogP contribution in [0, 0.1) is 0 Å². The molecule has 2 atom stereocenters. The fourth-order valence-electron chi connectivity index (χ4n) is 1.90. The van der Waals surface area contributed by atoms with Crippen LogP contribution in [0.2, 0.25) is 0 Å². The number of hydrogen-bond donors (Lipinski definition) is 1. The lowest BCUT2D eigenvalue weighted by Crippen LogP contribution is -2.43. The number of alkyl halides is 2. The molecule has 2 aromatic rings. The van der Waals surface area contributed by atoms with Gasteiger partial charge in [-0.2, -0.15) is 0 Å². The molecule has 0 saturated heterocycles. The van der Waals surface area contributed by atoms with E-state index in [1.165, 1.54) is 0 Å². The SMILES string of the molecule is CNC(C)C(F)(CF)c1ccc2sccc2c1. The van der Waals surface area contributed by atoms with Gasteiger partial charge < -0.3 is 5.32 Å². The fraction of sp³-hybridized carbons (Fsp3) is 0.385. The zero-order chi connectivity index (χ0) is 12.5. The summed E-state index contributed by atoms with van der Waals surface area (Å²) in [6, 6.07) is 6.61. The summed E-state index contributed by atoms with van der Waals surface area (Å²) in [5.74, 6) is 0. The largest absolute Gasteiger partial charge is 0.314 e. The van der Waals surface area contributed by atoms with Crippen molar-refractivity contribution in [2.75, 3.05) is 13.7 Å². The lowest BCUT2D eigenvalue weighted by Gasteiger charge is -2.29. The van der Waals surface area contributed by atoms with Crippen LogP contribution in [0.3, 0.4) is 0 Å². The molecule has 0 aliphatic rings. The van der Waals surface area contributed by atoms with Gasteiger partial charge in [0.15, 0.2) is 5.67 Å². The van der Waals surface area contributed by atoms with Gasteiger partial charge in [-0.3, -0.25) is 0 Å². The molecule has 1 aromatic heterocycles. The third-order valence-electron chi connectivity index (χ3n) is 3.25. The van der Waals surface area contributed by atoms with E-state index in [4.69, 9.17) is 0 Å². The molecule has 0 aliphatic heterocycles. The Morgan fingerprint density at radius 3 is 2.82 bits per heavy atom. The van der Waals surface area contributed by atoms with Crippen LogP contribution < -0.4 is 5.32 Å². The summed E-state index contributed by atoms with van der Waals surface area (Å²) in [4.78, 5) is 0. The predicted octanol–water partition coefficient (Wildman–Crippen LogP) is 3.64. The number of hydrogen-bond acceptors (Lipinski definition) is 2. The van der Waals surface area contributed by atoms with Crippen LogP contribution in [0.15, 0.2) is 29.6 Å². The standard InChI is InChI=1S/C13H15F2NS/c1-9(16-2)13(15,8-14)11-3-4-12-10(7-11)5-6-17-12/h3-7,9,16H,8H2,1-2H3. The van der Waals surface area contributed by atoms with Crippen molar-refractivity contribution in [1.29, 1.82) is 0 Å². The minimum Gasteiger partial charge on any atom is -0.314 e. The highest BCUT2D eigenvalue weighted by Crippen LogP contribution is 2.33. The monoisotopic (exact) mass is 255 g/mol. The lowest BCUT2D eigenvalue weighted by atomic mass is 9.89. The summed E-state index contributed by atoms with van der Waals surface area (Å²) in [5, 5.41) is 5.70. The Balaban J connectivity index is 2.48. The lowest BCUT2D eigenvalue weighted by molar-refractivity contribution is 0.0803. The average Bonchev–Trinajstić information content (AvgIpc) is 2.83. The van der Waals surface area contributed by atoms with E-state index < -0.39 is 18.4 Å². The zero-order valence-corrected chi connectivity index (χ0v) is 10.7. The first-order valence-electron chi connectivity index (χ1n) is 5.51. The first-order chi connectivity index (χ1) is 8.11. The van der Waals surface area contributed by atoms with Crippen LogP contribution >= 0.6 is 11.3 Å². The van der Waals surface area contributed by atoms with Crippen molar-refractivity contribution in [2.24, 2.45) is 0 Å². The van der Waals surface area contributed by atoms with Gasteiger partial charge >= 0.3 is 0 Å². The Morgan fingerprint density at radius 2 is 2.18 bits per heavy atom. The van der Waals surface area contributed by atoms with E-state index in [9.17, 15) is 8.78 Å². The van der Waals surface area contributed by atoms with E-state index in [-0.39, 0.29) is 0 Å². The van der Waals surface area contributed by atoms with Crippen LogP contribution in [0.4, 0.5) is 8.78 Å². The molecule has 0 spiro atoms. The van der Waals surface area contributed by atoms with Crippen molar-refractivity contribution in [2.45, 2.75) is 18.6 Å². The number of halogens is 2. The molecule has 4 heteroatoms. The second-order valence-corrected chi connectivity index (χ2v) is 5.13. The molecule has 0 amide bonds. The molecule has 92 valence electrons. The van der Waals surface area contributed by atoms with E-state index in [1.807, 2.05) is 17.5 Å². The van der Waals surface area contributed by atoms with Crippen molar-refractivity contribution in [3.05, 3.63) is 35.2 Å². The van der Waals surface area contributed by atoms with Crippen LogP contribution in [0.25, 0.3) is 10.1 Å². The van der Waals surface area contributed by atoms with Crippen molar-refractivity contribution >= 4 is 21.4 Å². The van der Waals surface area contributed by atoms with Gasteiger partial charge in [0, 0.05) is 10.7 Å². The van der Waals surface area contributed by atoms with E-state index in [1.54, 1.807) is 37.4 Å². The molecular weight excluding hydrogens is 240 g/mol. The molecule has 1 aromatic carbocycles. The van der Waals surface area contributed by atoms with Gasteiger partial charge in [-0.25, -0.2) is 8.78 Å². The van der Waals surface area contributed by atoms with Crippen molar-refractivity contribution in [3.63, 3.8) is 0 Å². The summed E-state index contributed by atoms with van der Waals surface area (Å²) in [5.41, 5.74) is -1.57. The normalized spacial score (nSPS) is 16.9. The van der Waals surface area contributed by atoms with Gasteiger partial charge in [0.25, 0.3) is 0 Å². The summed E-state index contributed by atoms with van der Waals surface area (Å²) in [7, 11) is 1.64. The molecule has 0 bridgehead atoms. The summed E-state index contributed by atoms with van der Waals surface area (Å²) in [6.07, 6.45) is 0. The third-order valence-corrected chi connectivity index (χ3v) is 4.14. The third kappa shape index (κ3) is 2.07. The highest BCUT2D eigenvalue weighted by Gasteiger charge is 2.38. The molecule has 1 nitrogen and oxygen atoms in total. The summed E-state index contributed by atoms with van der Waals surface area (Å²) in [6.45, 7) is 0.627. The zero-order valence-electron chi connectivity index (χ0n) is 9.84. The molecular formula is C13H15F2NS. The van der Waals surface area contributed by atoms with E-state index in [2.05, 4.69) is 5.32 Å². The Morgan fingerprint density at radius 1 is 1.41 bits per heavy atom. The number of likely N-dealkylation sites (N-methyl/N-ethyl adjacent to an activating group) is 1. The van der Waals surface area contributed by atoms with Crippen molar-refractivity contribution in [3.8, 4) is 0 Å². The maximum Gasteiger partial charge on any atom is 0.178 e. The highest BCUT2D eigenvalue weighted by molar-refractivity contribution is 7.17. The van der Waals surface area contributed by atoms with Crippen molar-refractivity contribution < 1.29 is 8.78 Å². The second-order valence-electron chi connectivity index (χ2n) is 4.18. The van der Waals surface area contributed by atoms with Gasteiger partial charge in [-0.05, 0) is 48.5 Å². The second kappa shape index (κ2) is 4.70. The molecule has 0 aliphatic carbocycles. The predicted molar refractivity (Wildman–Crippen MR) is 69.1 cm³/mol. The molecule has 0 saturated carbocycles. The first-order valence-corrected chi connectivity index (χ1v) is 6.39. The molecule has 0 fully saturated rings. The minimum absolute atomic E-state index is 0.396. The number of thiophene rings is 1. The molecule has 1 heterocycles. The van der Waals surface area contributed by atoms with E-state index in [0.29, 0.717) is 5.56 Å². The van der Waals surface area contributed by atoms with Crippen LogP contribution in [-0.4, -0.2) is 19.8 Å². The molecule has 17 heavy (non-hydrogen) atoms. The van der Waals surface area contributed by atoms with E-state index in [0.717, 1.165) is 10.1 Å². The molecule has 0 radical (unpaired) electrons. The summed E-state index contributed by atoms with van der Waals surface area (Å²) < 4.78 is 28.8. The van der Waals surface area contributed by atoms with Crippen molar-refractivity contribution in [1.82, 2.24) is 5.32 Å². The smallest absolute Gasteiger partial charge is 0.178 e. The topological polar surface area (TPSA) is 12.0 Å². The Bertz CT molecular complexity index is 511. The van der Waals surface area contributed by atoms with Crippen LogP contribution in [0.5, 0.6) is 0 Å². The molecule has 1 N–H and O–H groups in total. The number of rotatable bonds is 4. The first kappa shape index (κ1) is 12.5. The van der Waals surface area contributed by atoms with Crippen LogP contribution in [0.1, 0.15) is 12.5 Å².